The predicted octanol–water partition coefficient (Wildman–Crippen LogP) is 1.66. The standard InChI is InChI=1S/C15H30N2O2S/c1-4-8-17-9-5-14(6-10-17)13(2)16-15(3)7-11-20(18,19)12-15/h13-14,16H,4-12H2,1-3H3. The monoisotopic (exact) mass is 302 g/mol. The van der Waals surface area contributed by atoms with Gasteiger partial charge in [-0.25, -0.2) is 8.42 Å². The Morgan fingerprint density at radius 2 is 2.00 bits per heavy atom. The van der Waals surface area contributed by atoms with Crippen LogP contribution in [0.3, 0.4) is 0 Å². The Labute approximate surface area is 124 Å². The van der Waals surface area contributed by atoms with E-state index in [-0.39, 0.29) is 5.54 Å². The lowest BCUT2D eigenvalue weighted by atomic mass is 9.88. The molecular weight excluding hydrogens is 272 g/mol. The Balaban J connectivity index is 1.83. The largest absolute Gasteiger partial charge is 0.308 e. The summed E-state index contributed by atoms with van der Waals surface area (Å²) in [5, 5.41) is 3.63. The Morgan fingerprint density at radius 3 is 2.50 bits per heavy atom. The van der Waals surface area contributed by atoms with Crippen LogP contribution in [0.5, 0.6) is 0 Å². The van der Waals surface area contributed by atoms with Gasteiger partial charge in [-0.1, -0.05) is 6.92 Å². The molecule has 2 atom stereocenters. The van der Waals surface area contributed by atoms with Crippen molar-refractivity contribution in [2.45, 2.75) is 58.0 Å². The minimum absolute atomic E-state index is 0.210. The second-order valence-corrected chi connectivity index (χ2v) is 9.20. The fourth-order valence-corrected chi connectivity index (χ4v) is 5.89. The van der Waals surface area contributed by atoms with Crippen LogP contribution >= 0.6 is 0 Å². The Bertz CT molecular complexity index is 416. The first-order valence-electron chi connectivity index (χ1n) is 8.04. The van der Waals surface area contributed by atoms with E-state index in [2.05, 4.69) is 31.0 Å². The van der Waals surface area contributed by atoms with Gasteiger partial charge in [0.05, 0.1) is 11.5 Å². The molecule has 20 heavy (non-hydrogen) atoms. The van der Waals surface area contributed by atoms with Crippen LogP contribution in [-0.2, 0) is 9.84 Å². The van der Waals surface area contributed by atoms with Gasteiger partial charge >= 0.3 is 0 Å². The highest BCUT2D eigenvalue weighted by atomic mass is 32.2. The zero-order valence-electron chi connectivity index (χ0n) is 13.2. The maximum absolute atomic E-state index is 11.7. The normalized spacial score (nSPS) is 33.4. The van der Waals surface area contributed by atoms with Crippen molar-refractivity contribution >= 4 is 9.84 Å². The summed E-state index contributed by atoms with van der Waals surface area (Å²) in [4.78, 5) is 2.55. The molecule has 2 heterocycles. The van der Waals surface area contributed by atoms with Crippen molar-refractivity contribution in [3.8, 4) is 0 Å². The molecule has 118 valence electrons. The lowest BCUT2D eigenvalue weighted by molar-refractivity contribution is 0.151. The maximum Gasteiger partial charge on any atom is 0.152 e. The summed E-state index contributed by atoms with van der Waals surface area (Å²) >= 11 is 0. The lowest BCUT2D eigenvalue weighted by Gasteiger charge is -2.38. The molecule has 2 fully saturated rings. The number of sulfone groups is 1. The number of nitrogens with zero attached hydrogens (tertiary/aromatic N) is 1. The highest BCUT2D eigenvalue weighted by molar-refractivity contribution is 7.91. The topological polar surface area (TPSA) is 49.4 Å². The molecule has 0 amide bonds. The van der Waals surface area contributed by atoms with Crippen LogP contribution in [0.2, 0.25) is 0 Å². The number of piperidine rings is 1. The third-order valence-electron chi connectivity index (χ3n) is 4.96. The van der Waals surface area contributed by atoms with Gasteiger partial charge in [-0.15, -0.1) is 0 Å². The van der Waals surface area contributed by atoms with E-state index in [9.17, 15) is 8.42 Å². The lowest BCUT2D eigenvalue weighted by Crippen LogP contribution is -2.52. The first kappa shape index (κ1) is 16.2. The van der Waals surface area contributed by atoms with E-state index in [1.165, 1.54) is 38.9 Å². The van der Waals surface area contributed by atoms with E-state index in [0.29, 0.717) is 23.5 Å². The van der Waals surface area contributed by atoms with Gasteiger partial charge in [-0.2, -0.15) is 0 Å². The summed E-state index contributed by atoms with van der Waals surface area (Å²) in [6.45, 7) is 10.1. The van der Waals surface area contributed by atoms with Crippen LogP contribution in [0.4, 0.5) is 0 Å². The first-order valence-corrected chi connectivity index (χ1v) is 9.86. The number of likely N-dealkylation sites (tertiary alicyclic amines) is 1. The Kier molecular flexibility index (Phi) is 5.14. The molecule has 5 heteroatoms. The van der Waals surface area contributed by atoms with Crippen molar-refractivity contribution in [2.24, 2.45) is 5.92 Å². The smallest absolute Gasteiger partial charge is 0.152 e. The van der Waals surface area contributed by atoms with Gasteiger partial charge in [0, 0.05) is 11.6 Å². The molecule has 0 saturated carbocycles. The molecule has 1 N–H and O–H groups in total. The number of hydrogen-bond donors (Lipinski definition) is 1. The maximum atomic E-state index is 11.7. The summed E-state index contributed by atoms with van der Waals surface area (Å²) in [5.41, 5.74) is -0.210. The summed E-state index contributed by atoms with van der Waals surface area (Å²) in [7, 11) is -2.82. The van der Waals surface area contributed by atoms with Crippen LogP contribution in [0.15, 0.2) is 0 Å². The van der Waals surface area contributed by atoms with Crippen LogP contribution in [0, 0.1) is 5.92 Å². The molecule has 2 aliphatic rings. The minimum Gasteiger partial charge on any atom is -0.308 e. The molecule has 0 aliphatic carbocycles. The molecule has 0 aromatic rings. The van der Waals surface area contributed by atoms with Gasteiger partial charge < -0.3 is 10.2 Å². The van der Waals surface area contributed by atoms with Crippen molar-refractivity contribution in [3.05, 3.63) is 0 Å². The van der Waals surface area contributed by atoms with E-state index >= 15 is 0 Å². The second-order valence-electron chi connectivity index (χ2n) is 7.01. The van der Waals surface area contributed by atoms with Crippen molar-refractivity contribution in [1.29, 1.82) is 0 Å². The van der Waals surface area contributed by atoms with E-state index in [4.69, 9.17) is 0 Å². The van der Waals surface area contributed by atoms with Crippen LogP contribution in [-0.4, -0.2) is 56.0 Å². The van der Waals surface area contributed by atoms with Crippen LogP contribution in [0.1, 0.15) is 46.5 Å². The fraction of sp³-hybridized carbons (Fsp3) is 1.00. The molecule has 0 radical (unpaired) electrons. The number of rotatable bonds is 5. The summed E-state index contributed by atoms with van der Waals surface area (Å²) in [6.07, 6.45) is 4.46. The second kappa shape index (κ2) is 6.32. The zero-order valence-corrected chi connectivity index (χ0v) is 14.0. The van der Waals surface area contributed by atoms with Crippen molar-refractivity contribution < 1.29 is 8.42 Å². The molecular formula is C15H30N2O2S. The quantitative estimate of drug-likeness (QED) is 0.839. The van der Waals surface area contributed by atoms with Gasteiger partial charge in [-0.05, 0) is 65.1 Å². The summed E-state index contributed by atoms with van der Waals surface area (Å²) in [6, 6.07) is 0.414. The molecule has 2 aliphatic heterocycles. The molecule has 2 rings (SSSR count). The van der Waals surface area contributed by atoms with Crippen LogP contribution < -0.4 is 5.32 Å². The summed E-state index contributed by atoms with van der Waals surface area (Å²) in [5.74, 6) is 1.33. The molecule has 2 saturated heterocycles. The highest BCUT2D eigenvalue weighted by Gasteiger charge is 2.40. The third kappa shape index (κ3) is 4.18. The van der Waals surface area contributed by atoms with E-state index in [1.54, 1.807) is 0 Å². The number of hydrogen-bond acceptors (Lipinski definition) is 4. The van der Waals surface area contributed by atoms with Crippen molar-refractivity contribution in [2.75, 3.05) is 31.1 Å². The highest BCUT2D eigenvalue weighted by Crippen LogP contribution is 2.27. The minimum atomic E-state index is -2.82. The van der Waals surface area contributed by atoms with Gasteiger partial charge in [0.15, 0.2) is 9.84 Å². The van der Waals surface area contributed by atoms with Crippen LogP contribution in [0.25, 0.3) is 0 Å². The van der Waals surface area contributed by atoms with E-state index < -0.39 is 9.84 Å². The molecule has 0 spiro atoms. The molecule has 4 nitrogen and oxygen atoms in total. The number of nitrogens with one attached hydrogen (secondary N) is 1. The van der Waals surface area contributed by atoms with E-state index in [1.807, 2.05) is 0 Å². The van der Waals surface area contributed by atoms with Crippen molar-refractivity contribution in [1.82, 2.24) is 10.2 Å². The zero-order chi connectivity index (χ0) is 14.8. The summed E-state index contributed by atoms with van der Waals surface area (Å²) < 4.78 is 23.3. The van der Waals surface area contributed by atoms with Gasteiger partial charge in [0.2, 0.25) is 0 Å². The molecule has 2 unspecified atom stereocenters. The third-order valence-corrected chi connectivity index (χ3v) is 6.86. The van der Waals surface area contributed by atoms with E-state index in [0.717, 1.165) is 6.42 Å². The van der Waals surface area contributed by atoms with Crippen molar-refractivity contribution in [3.63, 3.8) is 0 Å². The molecule has 0 aromatic heterocycles. The SMILES string of the molecule is CCCN1CCC(C(C)NC2(C)CCS(=O)(=O)C2)CC1. The fourth-order valence-electron chi connectivity index (χ4n) is 3.78. The van der Waals surface area contributed by atoms with Gasteiger partial charge in [0.25, 0.3) is 0 Å². The first-order chi connectivity index (χ1) is 9.34. The average Bonchev–Trinajstić information content (AvgIpc) is 2.64. The molecule has 0 aromatic carbocycles. The molecule has 0 bridgehead atoms. The average molecular weight is 302 g/mol. The Morgan fingerprint density at radius 1 is 1.35 bits per heavy atom. The van der Waals surface area contributed by atoms with Gasteiger partial charge in [-0.3, -0.25) is 0 Å². The Hall–Kier alpha value is -0.130. The van der Waals surface area contributed by atoms with Gasteiger partial charge in [0.1, 0.15) is 0 Å². The predicted molar refractivity (Wildman–Crippen MR) is 83.7 cm³/mol.